The molecular formula is C23H28FN5O3S. The number of aryl methyl sites for hydroxylation is 1. The molecule has 3 aromatic rings. The number of benzene rings is 1. The van der Waals surface area contributed by atoms with Gasteiger partial charge < -0.3 is 9.88 Å². The number of carbonyl (C=O) groups excluding carboxylic acids is 1. The third-order valence-electron chi connectivity index (χ3n) is 6.10. The van der Waals surface area contributed by atoms with E-state index in [-0.39, 0.29) is 28.4 Å². The van der Waals surface area contributed by atoms with Gasteiger partial charge in [-0.15, -0.1) is 0 Å². The van der Waals surface area contributed by atoms with Crippen LogP contribution in [0.25, 0.3) is 5.69 Å². The predicted molar refractivity (Wildman–Crippen MR) is 122 cm³/mol. The molecule has 8 nitrogen and oxygen atoms in total. The second-order valence-corrected chi connectivity index (χ2v) is 10.3. The van der Waals surface area contributed by atoms with Crippen LogP contribution >= 0.6 is 0 Å². The van der Waals surface area contributed by atoms with Crippen LogP contribution < -0.4 is 5.32 Å². The van der Waals surface area contributed by atoms with Gasteiger partial charge in [-0.25, -0.2) is 17.5 Å². The predicted octanol–water partition coefficient (Wildman–Crippen LogP) is 3.32. The average Bonchev–Trinajstić information content (AvgIpc) is 3.38. The summed E-state index contributed by atoms with van der Waals surface area (Å²) in [5.74, 6) is -0.701. The molecular weight excluding hydrogens is 445 g/mol. The van der Waals surface area contributed by atoms with Crippen molar-refractivity contribution in [2.45, 2.75) is 44.0 Å². The average molecular weight is 474 g/mol. The second-order valence-electron chi connectivity index (χ2n) is 8.41. The van der Waals surface area contributed by atoms with Crippen LogP contribution in [0.3, 0.4) is 0 Å². The van der Waals surface area contributed by atoms with E-state index in [0.717, 1.165) is 30.5 Å². The van der Waals surface area contributed by atoms with E-state index in [1.165, 1.54) is 33.3 Å². The third-order valence-corrected chi connectivity index (χ3v) is 7.96. The van der Waals surface area contributed by atoms with Gasteiger partial charge in [-0.2, -0.15) is 9.40 Å². The molecule has 1 N–H and O–H groups in total. The van der Waals surface area contributed by atoms with E-state index >= 15 is 0 Å². The van der Waals surface area contributed by atoms with Gasteiger partial charge >= 0.3 is 0 Å². The van der Waals surface area contributed by atoms with Crippen molar-refractivity contribution in [2.24, 2.45) is 7.05 Å². The molecule has 1 atom stereocenters. The van der Waals surface area contributed by atoms with Crippen LogP contribution in [0.4, 0.5) is 4.39 Å². The second kappa shape index (κ2) is 9.11. The largest absolute Gasteiger partial charge is 0.345 e. The monoisotopic (exact) mass is 473 g/mol. The summed E-state index contributed by atoms with van der Waals surface area (Å²) in [6.07, 6.45) is 5.88. The lowest BCUT2D eigenvalue weighted by Gasteiger charge is -2.25. The maximum atomic E-state index is 13.2. The minimum atomic E-state index is -3.62. The number of halogens is 1. The first-order valence-corrected chi connectivity index (χ1v) is 12.4. The maximum Gasteiger partial charge on any atom is 0.268 e. The standard InChI is InChI=1S/C23H28FN5O3S/c1-16(21-14-25-29(17(21)2)19-9-7-18(24)8-10-19)26-23(30)22-13-20(15-27(22)3)33(31,32)28-11-5-4-6-12-28/h7-10,13-16H,4-6,11-12H2,1-3H3,(H,26,30). The Hall–Kier alpha value is -2.98. The van der Waals surface area contributed by atoms with E-state index in [0.29, 0.717) is 18.8 Å². The molecule has 10 heteroatoms. The molecule has 2 aromatic heterocycles. The minimum absolute atomic E-state index is 0.130. The van der Waals surface area contributed by atoms with Crippen molar-refractivity contribution in [1.82, 2.24) is 24.0 Å². The highest BCUT2D eigenvalue weighted by molar-refractivity contribution is 7.89. The lowest BCUT2D eigenvalue weighted by Crippen LogP contribution is -2.35. The summed E-state index contributed by atoms with van der Waals surface area (Å²) in [6, 6.07) is 7.07. The van der Waals surface area contributed by atoms with E-state index in [1.54, 1.807) is 30.1 Å². The molecule has 1 saturated heterocycles. The Morgan fingerprint density at radius 3 is 2.48 bits per heavy atom. The molecule has 33 heavy (non-hydrogen) atoms. The summed E-state index contributed by atoms with van der Waals surface area (Å²) >= 11 is 0. The molecule has 1 aromatic carbocycles. The number of nitrogens with zero attached hydrogens (tertiary/aromatic N) is 4. The highest BCUT2D eigenvalue weighted by Crippen LogP contribution is 2.24. The Balaban J connectivity index is 1.51. The van der Waals surface area contributed by atoms with Crippen LogP contribution in [0.1, 0.15) is 54.0 Å². The first kappa shape index (κ1) is 23.2. The molecule has 1 amide bonds. The Morgan fingerprint density at radius 1 is 1.15 bits per heavy atom. The summed E-state index contributed by atoms with van der Waals surface area (Å²) in [5, 5.41) is 7.31. The first-order chi connectivity index (χ1) is 15.7. The van der Waals surface area contributed by atoms with E-state index in [1.807, 2.05) is 13.8 Å². The van der Waals surface area contributed by atoms with Crippen molar-refractivity contribution >= 4 is 15.9 Å². The minimum Gasteiger partial charge on any atom is -0.345 e. The Labute approximate surface area is 193 Å². The smallest absolute Gasteiger partial charge is 0.268 e. The fourth-order valence-corrected chi connectivity index (χ4v) is 5.78. The van der Waals surface area contributed by atoms with Crippen molar-refractivity contribution in [1.29, 1.82) is 0 Å². The van der Waals surface area contributed by atoms with Gasteiger partial charge in [0.1, 0.15) is 16.4 Å². The Kier molecular flexibility index (Phi) is 6.40. The molecule has 1 unspecified atom stereocenters. The first-order valence-electron chi connectivity index (χ1n) is 11.0. The van der Waals surface area contributed by atoms with E-state index < -0.39 is 10.0 Å². The molecule has 4 rings (SSSR count). The topological polar surface area (TPSA) is 89.2 Å². The number of sulfonamides is 1. The fourth-order valence-electron chi connectivity index (χ4n) is 4.19. The lowest BCUT2D eigenvalue weighted by atomic mass is 10.1. The maximum absolute atomic E-state index is 13.2. The SMILES string of the molecule is Cc1c(C(C)NC(=O)c2cc(S(=O)(=O)N3CCCCC3)cn2C)cnn1-c1ccc(F)cc1. The molecule has 1 aliphatic heterocycles. The number of piperidine rings is 1. The Morgan fingerprint density at radius 2 is 1.82 bits per heavy atom. The normalized spacial score (nSPS) is 16.0. The van der Waals surface area contributed by atoms with Crippen LogP contribution in [-0.2, 0) is 17.1 Å². The summed E-state index contributed by atoms with van der Waals surface area (Å²) < 4.78 is 43.9. The number of amides is 1. The molecule has 0 bridgehead atoms. The fraction of sp³-hybridized carbons (Fsp3) is 0.391. The number of nitrogens with one attached hydrogen (secondary N) is 1. The van der Waals surface area contributed by atoms with E-state index in [9.17, 15) is 17.6 Å². The lowest BCUT2D eigenvalue weighted by molar-refractivity contribution is 0.0931. The van der Waals surface area contributed by atoms with Gasteiger partial charge in [-0.05, 0) is 57.0 Å². The number of rotatable bonds is 6. The van der Waals surface area contributed by atoms with Crippen molar-refractivity contribution in [2.75, 3.05) is 13.1 Å². The molecule has 1 aliphatic rings. The van der Waals surface area contributed by atoms with Gasteiger partial charge in [0.05, 0.1) is 17.9 Å². The summed E-state index contributed by atoms with van der Waals surface area (Å²) in [6.45, 7) is 4.73. The van der Waals surface area contributed by atoms with Gasteiger partial charge in [-0.1, -0.05) is 6.42 Å². The van der Waals surface area contributed by atoms with E-state index in [2.05, 4.69) is 10.4 Å². The zero-order valence-electron chi connectivity index (χ0n) is 19.0. The van der Waals surface area contributed by atoms with Crippen molar-refractivity contribution in [3.05, 3.63) is 65.5 Å². The molecule has 0 radical (unpaired) electrons. The molecule has 0 spiro atoms. The number of hydrogen-bond donors (Lipinski definition) is 1. The van der Waals surface area contributed by atoms with Gasteiger partial charge in [0.25, 0.3) is 5.91 Å². The summed E-state index contributed by atoms with van der Waals surface area (Å²) in [4.78, 5) is 13.1. The number of aromatic nitrogens is 3. The van der Waals surface area contributed by atoms with Crippen LogP contribution in [0.2, 0.25) is 0 Å². The van der Waals surface area contributed by atoms with Crippen molar-refractivity contribution in [3.63, 3.8) is 0 Å². The zero-order valence-corrected chi connectivity index (χ0v) is 19.8. The molecule has 1 fully saturated rings. The highest BCUT2D eigenvalue weighted by atomic mass is 32.2. The van der Waals surface area contributed by atoms with E-state index in [4.69, 9.17) is 0 Å². The van der Waals surface area contributed by atoms with Crippen LogP contribution in [0.15, 0.2) is 47.6 Å². The van der Waals surface area contributed by atoms with Crippen LogP contribution in [-0.4, -0.2) is 46.1 Å². The third kappa shape index (κ3) is 4.58. The zero-order chi connectivity index (χ0) is 23.8. The van der Waals surface area contributed by atoms with Crippen molar-refractivity contribution in [3.8, 4) is 5.69 Å². The van der Waals surface area contributed by atoms with Gasteiger partial charge in [-0.3, -0.25) is 4.79 Å². The molecule has 0 saturated carbocycles. The summed E-state index contributed by atoms with van der Waals surface area (Å²) in [5.41, 5.74) is 2.60. The van der Waals surface area contributed by atoms with Gasteiger partial charge in [0.2, 0.25) is 10.0 Å². The van der Waals surface area contributed by atoms with Gasteiger partial charge in [0, 0.05) is 37.6 Å². The molecule has 176 valence electrons. The summed E-state index contributed by atoms with van der Waals surface area (Å²) in [7, 11) is -1.96. The highest BCUT2D eigenvalue weighted by Gasteiger charge is 2.29. The van der Waals surface area contributed by atoms with Gasteiger partial charge in [0.15, 0.2) is 0 Å². The Bertz CT molecular complexity index is 1260. The number of hydrogen-bond acceptors (Lipinski definition) is 4. The molecule has 3 heterocycles. The number of carbonyl (C=O) groups is 1. The van der Waals surface area contributed by atoms with Crippen molar-refractivity contribution < 1.29 is 17.6 Å². The quantitative estimate of drug-likeness (QED) is 0.595. The van der Waals surface area contributed by atoms with Crippen LogP contribution in [0, 0.1) is 12.7 Å². The molecule has 0 aliphatic carbocycles. The van der Waals surface area contributed by atoms with Crippen LogP contribution in [0.5, 0.6) is 0 Å².